The van der Waals surface area contributed by atoms with E-state index in [1.54, 1.807) is 36.4 Å². The molecule has 3 rings (SSSR count). The Balaban J connectivity index is 1.79. The number of anilines is 2. The zero-order valence-electron chi connectivity index (χ0n) is 12.4. The van der Waals surface area contributed by atoms with Gasteiger partial charge in [0.25, 0.3) is 5.91 Å². The number of nitrogens with one attached hydrogen (secondary N) is 1. The Kier molecular flexibility index (Phi) is 4.22. The summed E-state index contributed by atoms with van der Waals surface area (Å²) in [5.41, 5.74) is 1.07. The Bertz CT molecular complexity index is 820. The lowest BCUT2D eigenvalue weighted by atomic mass is 10.2. The van der Waals surface area contributed by atoms with Crippen LogP contribution in [-0.2, 0) is 9.59 Å². The Labute approximate surface area is 142 Å². The molecule has 1 heterocycles. The third-order valence-corrected chi connectivity index (χ3v) is 4.03. The second-order valence-electron chi connectivity index (χ2n) is 5.30. The smallest absolute Gasteiger partial charge is 0.335 e. The quantitative estimate of drug-likeness (QED) is 0.833. The van der Waals surface area contributed by atoms with E-state index in [1.165, 1.54) is 12.1 Å². The van der Waals surface area contributed by atoms with Crippen LogP contribution >= 0.6 is 11.6 Å². The summed E-state index contributed by atoms with van der Waals surface area (Å²) >= 11 is 6.07. The molecule has 122 valence electrons. The van der Waals surface area contributed by atoms with Gasteiger partial charge in [-0.15, -0.1) is 0 Å². The Morgan fingerprint density at radius 1 is 1.12 bits per heavy atom. The number of benzene rings is 2. The van der Waals surface area contributed by atoms with Gasteiger partial charge in [0.05, 0.1) is 22.7 Å². The van der Waals surface area contributed by atoms with E-state index in [0.29, 0.717) is 16.4 Å². The summed E-state index contributed by atoms with van der Waals surface area (Å²) in [6.07, 6.45) is 0.00470. The minimum absolute atomic E-state index is 0.00470. The van der Waals surface area contributed by atoms with Gasteiger partial charge < -0.3 is 10.4 Å². The van der Waals surface area contributed by atoms with Gasteiger partial charge in [0.15, 0.2) is 0 Å². The number of halogens is 1. The summed E-state index contributed by atoms with van der Waals surface area (Å²) in [7, 11) is 0. The molecule has 0 unspecified atom stereocenters. The lowest BCUT2D eigenvalue weighted by molar-refractivity contribution is -0.121. The van der Waals surface area contributed by atoms with Gasteiger partial charge in [-0.1, -0.05) is 23.7 Å². The van der Waals surface area contributed by atoms with Crippen LogP contribution in [0.25, 0.3) is 0 Å². The van der Waals surface area contributed by atoms with Crippen molar-refractivity contribution in [1.82, 2.24) is 0 Å². The number of carboxylic acid groups (broad SMARTS) is 1. The SMILES string of the molecule is O=C(O)c1ccc(N[C@H]2CC(=O)N(c3ccccc3Cl)C2=O)cc1. The van der Waals surface area contributed by atoms with E-state index in [2.05, 4.69) is 5.32 Å². The molecule has 0 saturated carbocycles. The highest BCUT2D eigenvalue weighted by molar-refractivity contribution is 6.36. The summed E-state index contributed by atoms with van der Waals surface area (Å²) in [6, 6.07) is 11.9. The second kappa shape index (κ2) is 6.33. The first-order valence-corrected chi connectivity index (χ1v) is 7.56. The van der Waals surface area contributed by atoms with Crippen molar-refractivity contribution in [2.75, 3.05) is 10.2 Å². The van der Waals surface area contributed by atoms with Gasteiger partial charge in [-0.3, -0.25) is 9.59 Å². The number of hydrogen-bond donors (Lipinski definition) is 2. The van der Waals surface area contributed by atoms with Gasteiger partial charge >= 0.3 is 5.97 Å². The molecule has 1 aliphatic heterocycles. The van der Waals surface area contributed by atoms with Crippen molar-refractivity contribution >= 4 is 40.8 Å². The topological polar surface area (TPSA) is 86.7 Å². The minimum Gasteiger partial charge on any atom is -0.478 e. The van der Waals surface area contributed by atoms with Crippen LogP contribution in [0.3, 0.4) is 0 Å². The predicted octanol–water partition coefficient (Wildman–Crippen LogP) is 2.78. The molecule has 0 aromatic heterocycles. The first-order chi connectivity index (χ1) is 11.5. The molecule has 6 nitrogen and oxygen atoms in total. The van der Waals surface area contributed by atoms with Gasteiger partial charge in [0, 0.05) is 5.69 Å². The summed E-state index contributed by atoms with van der Waals surface area (Å²) in [4.78, 5) is 36.7. The summed E-state index contributed by atoms with van der Waals surface area (Å²) in [5.74, 6) is -1.76. The number of aromatic carboxylic acids is 1. The minimum atomic E-state index is -1.03. The maximum absolute atomic E-state index is 12.5. The number of rotatable bonds is 4. The third-order valence-electron chi connectivity index (χ3n) is 3.71. The van der Waals surface area contributed by atoms with Crippen LogP contribution in [0.5, 0.6) is 0 Å². The van der Waals surface area contributed by atoms with Gasteiger partial charge in [-0.05, 0) is 36.4 Å². The molecule has 2 N–H and O–H groups in total. The highest BCUT2D eigenvalue weighted by Crippen LogP contribution is 2.30. The van der Waals surface area contributed by atoms with E-state index in [4.69, 9.17) is 16.7 Å². The average molecular weight is 345 g/mol. The van der Waals surface area contributed by atoms with Gasteiger partial charge in [0.2, 0.25) is 5.91 Å². The Hall–Kier alpha value is -2.86. The fraction of sp³-hybridized carbons (Fsp3) is 0.118. The molecule has 1 aliphatic rings. The number of carboxylic acids is 1. The molecule has 1 saturated heterocycles. The molecule has 2 aromatic rings. The number of carbonyl (C=O) groups excluding carboxylic acids is 2. The van der Waals surface area contributed by atoms with Crippen molar-refractivity contribution in [1.29, 1.82) is 0 Å². The van der Waals surface area contributed by atoms with E-state index < -0.39 is 17.9 Å². The van der Waals surface area contributed by atoms with E-state index in [0.717, 1.165) is 4.90 Å². The van der Waals surface area contributed by atoms with Crippen molar-refractivity contribution in [3.63, 3.8) is 0 Å². The molecule has 2 aromatic carbocycles. The molecule has 0 aliphatic carbocycles. The number of hydrogen-bond acceptors (Lipinski definition) is 4. The van der Waals surface area contributed by atoms with Gasteiger partial charge in [-0.25, -0.2) is 9.69 Å². The van der Waals surface area contributed by atoms with Crippen LogP contribution < -0.4 is 10.2 Å². The zero-order valence-corrected chi connectivity index (χ0v) is 13.2. The molecule has 2 amide bonds. The van der Waals surface area contributed by atoms with Crippen LogP contribution in [0.1, 0.15) is 16.8 Å². The van der Waals surface area contributed by atoms with Gasteiger partial charge in [-0.2, -0.15) is 0 Å². The molecule has 1 atom stereocenters. The fourth-order valence-electron chi connectivity index (χ4n) is 2.54. The molecule has 24 heavy (non-hydrogen) atoms. The van der Waals surface area contributed by atoms with Crippen LogP contribution in [0.2, 0.25) is 5.02 Å². The normalized spacial score (nSPS) is 17.2. The van der Waals surface area contributed by atoms with E-state index in [9.17, 15) is 14.4 Å². The van der Waals surface area contributed by atoms with Crippen LogP contribution in [0.4, 0.5) is 11.4 Å². The number of carbonyl (C=O) groups is 3. The highest BCUT2D eigenvalue weighted by atomic mass is 35.5. The predicted molar refractivity (Wildman–Crippen MR) is 89.4 cm³/mol. The summed E-state index contributed by atoms with van der Waals surface area (Å²) < 4.78 is 0. The van der Waals surface area contributed by atoms with Crippen LogP contribution in [0.15, 0.2) is 48.5 Å². The van der Waals surface area contributed by atoms with Crippen molar-refractivity contribution in [3.8, 4) is 0 Å². The van der Waals surface area contributed by atoms with Crippen molar-refractivity contribution in [3.05, 3.63) is 59.1 Å². The fourth-order valence-corrected chi connectivity index (χ4v) is 2.76. The van der Waals surface area contributed by atoms with Gasteiger partial charge in [0.1, 0.15) is 6.04 Å². The summed E-state index contributed by atoms with van der Waals surface area (Å²) in [6.45, 7) is 0. The van der Waals surface area contributed by atoms with E-state index >= 15 is 0 Å². The Morgan fingerprint density at radius 2 is 1.79 bits per heavy atom. The first-order valence-electron chi connectivity index (χ1n) is 7.18. The Morgan fingerprint density at radius 3 is 2.42 bits per heavy atom. The zero-order chi connectivity index (χ0) is 17.3. The number of nitrogens with zero attached hydrogens (tertiary/aromatic N) is 1. The third kappa shape index (κ3) is 2.96. The van der Waals surface area contributed by atoms with Crippen LogP contribution in [-0.4, -0.2) is 28.9 Å². The molecule has 0 radical (unpaired) electrons. The maximum atomic E-state index is 12.5. The average Bonchev–Trinajstić information content (AvgIpc) is 2.83. The van der Waals surface area contributed by atoms with Crippen molar-refractivity contribution < 1.29 is 19.5 Å². The molecule has 0 bridgehead atoms. The molecule has 0 spiro atoms. The maximum Gasteiger partial charge on any atom is 0.335 e. The number of para-hydroxylation sites is 1. The second-order valence-corrected chi connectivity index (χ2v) is 5.71. The first kappa shape index (κ1) is 16.0. The molecular weight excluding hydrogens is 332 g/mol. The number of amides is 2. The highest BCUT2D eigenvalue weighted by Gasteiger charge is 2.40. The lowest BCUT2D eigenvalue weighted by Crippen LogP contribution is -2.35. The van der Waals surface area contributed by atoms with E-state index in [-0.39, 0.29) is 17.9 Å². The van der Waals surface area contributed by atoms with E-state index in [1.807, 2.05) is 0 Å². The lowest BCUT2D eigenvalue weighted by Gasteiger charge is -2.17. The summed E-state index contributed by atoms with van der Waals surface area (Å²) in [5, 5.41) is 12.2. The van der Waals surface area contributed by atoms with Crippen molar-refractivity contribution in [2.45, 2.75) is 12.5 Å². The number of imide groups is 1. The largest absolute Gasteiger partial charge is 0.478 e. The standard InChI is InChI=1S/C17H13ClN2O4/c18-12-3-1-2-4-14(12)20-15(21)9-13(16(20)22)19-11-7-5-10(6-8-11)17(23)24/h1-8,13,19H,9H2,(H,23,24)/t13-/m0/s1. The monoisotopic (exact) mass is 344 g/mol. The molecule has 1 fully saturated rings. The van der Waals surface area contributed by atoms with Crippen molar-refractivity contribution in [2.24, 2.45) is 0 Å². The van der Waals surface area contributed by atoms with Crippen LogP contribution in [0, 0.1) is 0 Å². The molecular formula is C17H13ClN2O4. The molecule has 7 heteroatoms.